The SMILES string of the molecule is COC1=CCN(OC)C=C1. The first-order chi connectivity index (χ1) is 4.86. The van der Waals surface area contributed by atoms with Crippen LogP contribution in [0.3, 0.4) is 0 Å². The summed E-state index contributed by atoms with van der Waals surface area (Å²) in [5.74, 6) is 0.883. The molecule has 0 radical (unpaired) electrons. The predicted molar refractivity (Wildman–Crippen MR) is 37.9 cm³/mol. The van der Waals surface area contributed by atoms with Crippen LogP contribution < -0.4 is 0 Å². The number of rotatable bonds is 2. The molecule has 0 saturated heterocycles. The van der Waals surface area contributed by atoms with Crippen LogP contribution in [-0.4, -0.2) is 25.8 Å². The summed E-state index contributed by atoms with van der Waals surface area (Å²) in [7, 11) is 3.29. The van der Waals surface area contributed by atoms with Crippen molar-refractivity contribution in [3.63, 3.8) is 0 Å². The summed E-state index contributed by atoms with van der Waals surface area (Å²) < 4.78 is 4.98. The molecule has 1 aliphatic rings. The first kappa shape index (κ1) is 7.15. The highest BCUT2D eigenvalue weighted by molar-refractivity contribution is 5.15. The molecule has 3 nitrogen and oxygen atoms in total. The van der Waals surface area contributed by atoms with E-state index in [1.54, 1.807) is 19.3 Å². The predicted octanol–water partition coefficient (Wildman–Crippen LogP) is 0.907. The Bertz CT molecular complexity index is 163. The number of hydrogen-bond donors (Lipinski definition) is 0. The maximum absolute atomic E-state index is 4.98. The summed E-state index contributed by atoms with van der Waals surface area (Å²) in [4.78, 5) is 4.93. The molecule has 0 aromatic carbocycles. The van der Waals surface area contributed by atoms with Crippen LogP contribution in [0.15, 0.2) is 24.1 Å². The molecule has 0 fully saturated rings. The lowest BCUT2D eigenvalue weighted by molar-refractivity contribution is -0.0802. The zero-order valence-electron chi connectivity index (χ0n) is 6.20. The van der Waals surface area contributed by atoms with Crippen molar-refractivity contribution >= 4 is 0 Å². The first-order valence-electron chi connectivity index (χ1n) is 3.10. The molecule has 0 aliphatic carbocycles. The number of hydrogen-bond acceptors (Lipinski definition) is 3. The van der Waals surface area contributed by atoms with E-state index in [2.05, 4.69) is 0 Å². The minimum atomic E-state index is 0.746. The highest BCUT2D eigenvalue weighted by atomic mass is 16.7. The van der Waals surface area contributed by atoms with E-state index in [9.17, 15) is 0 Å². The molecule has 0 spiro atoms. The molecule has 0 bridgehead atoms. The van der Waals surface area contributed by atoms with Crippen molar-refractivity contribution in [3.8, 4) is 0 Å². The van der Waals surface area contributed by atoms with Crippen molar-refractivity contribution in [1.82, 2.24) is 5.06 Å². The van der Waals surface area contributed by atoms with Gasteiger partial charge in [-0.3, -0.25) is 9.90 Å². The number of ether oxygens (including phenoxy) is 1. The fourth-order valence-electron chi connectivity index (χ4n) is 0.752. The van der Waals surface area contributed by atoms with Gasteiger partial charge in [-0.25, -0.2) is 0 Å². The van der Waals surface area contributed by atoms with Crippen molar-refractivity contribution in [2.45, 2.75) is 0 Å². The smallest absolute Gasteiger partial charge is 0.118 e. The molecule has 10 heavy (non-hydrogen) atoms. The lowest BCUT2D eigenvalue weighted by Crippen LogP contribution is -2.18. The quantitative estimate of drug-likeness (QED) is 0.570. The van der Waals surface area contributed by atoms with E-state index in [1.165, 1.54) is 0 Å². The lowest BCUT2D eigenvalue weighted by Gasteiger charge is -2.18. The van der Waals surface area contributed by atoms with Gasteiger partial charge in [-0.2, -0.15) is 0 Å². The summed E-state index contributed by atoms with van der Waals surface area (Å²) >= 11 is 0. The average Bonchev–Trinajstić information content (AvgIpc) is 2.05. The standard InChI is InChI=1S/C7H11NO2/c1-9-7-3-5-8(10-2)6-4-7/h3-5H,6H2,1-2H3. The van der Waals surface area contributed by atoms with Crippen LogP contribution in [0.2, 0.25) is 0 Å². The minimum absolute atomic E-state index is 0.746. The van der Waals surface area contributed by atoms with Crippen LogP contribution in [0.4, 0.5) is 0 Å². The minimum Gasteiger partial charge on any atom is -0.497 e. The van der Waals surface area contributed by atoms with E-state index in [1.807, 2.05) is 18.4 Å². The average molecular weight is 141 g/mol. The summed E-state index contributed by atoms with van der Waals surface area (Å²) in [5.41, 5.74) is 0. The van der Waals surface area contributed by atoms with Gasteiger partial charge < -0.3 is 4.74 Å². The molecule has 0 unspecified atom stereocenters. The molecule has 3 heteroatoms. The van der Waals surface area contributed by atoms with Gasteiger partial charge in [0.25, 0.3) is 0 Å². The first-order valence-corrected chi connectivity index (χ1v) is 3.10. The van der Waals surface area contributed by atoms with Gasteiger partial charge >= 0.3 is 0 Å². The highest BCUT2D eigenvalue weighted by Crippen LogP contribution is 2.06. The Hall–Kier alpha value is -0.960. The monoisotopic (exact) mass is 141 g/mol. The van der Waals surface area contributed by atoms with Crippen LogP contribution in [0.1, 0.15) is 0 Å². The highest BCUT2D eigenvalue weighted by Gasteiger charge is 2.01. The molecule has 0 amide bonds. The number of nitrogens with zero attached hydrogens (tertiary/aromatic N) is 1. The molecule has 1 rings (SSSR count). The lowest BCUT2D eigenvalue weighted by atomic mass is 10.3. The van der Waals surface area contributed by atoms with E-state index >= 15 is 0 Å². The van der Waals surface area contributed by atoms with Gasteiger partial charge in [0.2, 0.25) is 0 Å². The Morgan fingerprint density at radius 1 is 1.50 bits per heavy atom. The zero-order valence-corrected chi connectivity index (χ0v) is 6.20. The molecular weight excluding hydrogens is 130 g/mol. The van der Waals surface area contributed by atoms with Crippen molar-refractivity contribution in [3.05, 3.63) is 24.1 Å². The van der Waals surface area contributed by atoms with Crippen molar-refractivity contribution in [2.24, 2.45) is 0 Å². The molecule has 0 aromatic heterocycles. The number of allylic oxidation sites excluding steroid dienone is 1. The third-order valence-corrected chi connectivity index (χ3v) is 1.35. The van der Waals surface area contributed by atoms with Gasteiger partial charge in [-0.1, -0.05) is 0 Å². The number of hydroxylamine groups is 2. The van der Waals surface area contributed by atoms with Gasteiger partial charge in [0.1, 0.15) is 5.76 Å². The molecular formula is C7H11NO2. The molecule has 1 aliphatic heterocycles. The summed E-state index contributed by atoms with van der Waals surface area (Å²) in [5, 5.41) is 1.71. The van der Waals surface area contributed by atoms with Crippen LogP contribution in [0.25, 0.3) is 0 Å². The molecule has 0 saturated carbocycles. The zero-order chi connectivity index (χ0) is 7.40. The second kappa shape index (κ2) is 3.27. The molecule has 1 heterocycles. The summed E-state index contributed by atoms with van der Waals surface area (Å²) in [6, 6.07) is 0. The summed E-state index contributed by atoms with van der Waals surface area (Å²) in [6.45, 7) is 0.746. The Kier molecular flexibility index (Phi) is 2.34. The van der Waals surface area contributed by atoms with Crippen LogP contribution in [0.5, 0.6) is 0 Å². The second-order valence-electron chi connectivity index (χ2n) is 1.91. The Morgan fingerprint density at radius 3 is 2.70 bits per heavy atom. The fraction of sp³-hybridized carbons (Fsp3) is 0.429. The Morgan fingerprint density at radius 2 is 2.30 bits per heavy atom. The van der Waals surface area contributed by atoms with Gasteiger partial charge in [0, 0.05) is 6.20 Å². The van der Waals surface area contributed by atoms with Gasteiger partial charge in [-0.05, 0) is 12.2 Å². The third kappa shape index (κ3) is 1.51. The fourth-order valence-corrected chi connectivity index (χ4v) is 0.752. The van der Waals surface area contributed by atoms with Crippen molar-refractivity contribution in [2.75, 3.05) is 20.8 Å². The van der Waals surface area contributed by atoms with Crippen LogP contribution in [-0.2, 0) is 9.57 Å². The molecule has 56 valence electrons. The van der Waals surface area contributed by atoms with Gasteiger partial charge in [0.05, 0.1) is 20.8 Å². The van der Waals surface area contributed by atoms with E-state index in [4.69, 9.17) is 9.57 Å². The Balaban J connectivity index is 2.46. The second-order valence-corrected chi connectivity index (χ2v) is 1.91. The molecule has 0 N–H and O–H groups in total. The Labute approximate surface area is 60.5 Å². The topological polar surface area (TPSA) is 21.7 Å². The van der Waals surface area contributed by atoms with E-state index in [0.29, 0.717) is 0 Å². The van der Waals surface area contributed by atoms with Crippen LogP contribution >= 0.6 is 0 Å². The molecule has 0 aromatic rings. The number of methoxy groups -OCH3 is 1. The van der Waals surface area contributed by atoms with Crippen LogP contribution in [0, 0.1) is 0 Å². The molecule has 0 atom stereocenters. The largest absolute Gasteiger partial charge is 0.497 e. The van der Waals surface area contributed by atoms with E-state index in [0.717, 1.165) is 12.3 Å². The van der Waals surface area contributed by atoms with Crippen molar-refractivity contribution < 1.29 is 9.57 Å². The normalized spacial score (nSPS) is 17.0. The summed E-state index contributed by atoms with van der Waals surface area (Å²) in [6.07, 6.45) is 5.63. The maximum atomic E-state index is 4.98. The third-order valence-electron chi connectivity index (χ3n) is 1.35. The van der Waals surface area contributed by atoms with Gasteiger partial charge in [-0.15, -0.1) is 0 Å². The maximum Gasteiger partial charge on any atom is 0.118 e. The van der Waals surface area contributed by atoms with E-state index < -0.39 is 0 Å². The van der Waals surface area contributed by atoms with E-state index in [-0.39, 0.29) is 0 Å². The van der Waals surface area contributed by atoms with Crippen molar-refractivity contribution in [1.29, 1.82) is 0 Å². The van der Waals surface area contributed by atoms with Gasteiger partial charge in [0.15, 0.2) is 0 Å².